The smallest absolute Gasteiger partial charge is 0.372 e. The normalized spacial score (nSPS) is 10.3. The number of nitro groups is 1. The largest absolute Gasteiger partial charge is 0.476 e. The van der Waals surface area contributed by atoms with Crippen LogP contribution in [0.5, 0.6) is 5.88 Å². The van der Waals surface area contributed by atoms with Crippen molar-refractivity contribution in [3.8, 4) is 5.88 Å². The Bertz CT molecular complexity index is 506. The van der Waals surface area contributed by atoms with Crippen molar-refractivity contribution in [2.75, 3.05) is 25.5 Å². The van der Waals surface area contributed by atoms with Crippen LogP contribution in [0.15, 0.2) is 6.33 Å². The van der Waals surface area contributed by atoms with Gasteiger partial charge in [-0.1, -0.05) is 13.8 Å². The van der Waals surface area contributed by atoms with Gasteiger partial charge in [0.1, 0.15) is 6.33 Å². The molecular formula is C12H19N5O4. The summed E-state index contributed by atoms with van der Waals surface area (Å²) < 4.78 is 4.83. The monoisotopic (exact) mass is 297 g/mol. The van der Waals surface area contributed by atoms with E-state index >= 15 is 0 Å². The minimum atomic E-state index is -0.625. The summed E-state index contributed by atoms with van der Waals surface area (Å²) >= 11 is 0. The molecule has 0 radical (unpaired) electrons. The number of nitrogens with zero attached hydrogens (tertiary/aromatic N) is 3. The number of aromatic nitrogens is 2. The first-order chi connectivity index (χ1) is 9.95. The van der Waals surface area contributed by atoms with Gasteiger partial charge in [0, 0.05) is 19.5 Å². The first kappa shape index (κ1) is 16.6. The number of carbonyl (C=O) groups excluding carboxylic acids is 1. The number of anilines is 1. The maximum atomic E-state index is 11.5. The van der Waals surface area contributed by atoms with Crippen LogP contribution < -0.4 is 15.4 Å². The van der Waals surface area contributed by atoms with Crippen LogP contribution in [0, 0.1) is 16.0 Å². The number of carbonyl (C=O) groups is 1. The highest BCUT2D eigenvalue weighted by molar-refractivity contribution is 5.76. The van der Waals surface area contributed by atoms with Crippen molar-refractivity contribution in [3.63, 3.8) is 0 Å². The molecule has 1 amide bonds. The summed E-state index contributed by atoms with van der Waals surface area (Å²) in [6.45, 7) is 4.81. The number of amides is 1. The SMILES string of the molecule is COc1ncnc(NCCC(=O)NCC(C)C)c1[N+](=O)[O-]. The lowest BCUT2D eigenvalue weighted by atomic mass is 10.2. The van der Waals surface area contributed by atoms with E-state index in [0.29, 0.717) is 12.5 Å². The lowest BCUT2D eigenvalue weighted by molar-refractivity contribution is -0.385. The van der Waals surface area contributed by atoms with E-state index in [4.69, 9.17) is 4.74 Å². The molecule has 21 heavy (non-hydrogen) atoms. The van der Waals surface area contributed by atoms with E-state index in [9.17, 15) is 14.9 Å². The molecule has 0 spiro atoms. The molecule has 0 aliphatic carbocycles. The molecule has 0 bridgehead atoms. The molecule has 0 atom stereocenters. The van der Waals surface area contributed by atoms with Crippen molar-refractivity contribution in [2.45, 2.75) is 20.3 Å². The Balaban J connectivity index is 2.60. The van der Waals surface area contributed by atoms with Crippen LogP contribution in [-0.4, -0.2) is 41.0 Å². The van der Waals surface area contributed by atoms with Gasteiger partial charge in [0.15, 0.2) is 0 Å². The fourth-order valence-electron chi connectivity index (χ4n) is 1.51. The molecular weight excluding hydrogens is 278 g/mol. The maximum Gasteiger partial charge on any atom is 0.372 e. The van der Waals surface area contributed by atoms with E-state index in [0.717, 1.165) is 6.33 Å². The summed E-state index contributed by atoms with van der Waals surface area (Å²) in [4.78, 5) is 29.4. The highest BCUT2D eigenvalue weighted by atomic mass is 16.6. The van der Waals surface area contributed by atoms with E-state index in [1.165, 1.54) is 7.11 Å². The van der Waals surface area contributed by atoms with Crippen molar-refractivity contribution in [2.24, 2.45) is 5.92 Å². The highest BCUT2D eigenvalue weighted by Crippen LogP contribution is 2.30. The maximum absolute atomic E-state index is 11.5. The molecule has 1 heterocycles. The van der Waals surface area contributed by atoms with Crippen molar-refractivity contribution in [1.82, 2.24) is 15.3 Å². The van der Waals surface area contributed by atoms with Crippen LogP contribution in [0.25, 0.3) is 0 Å². The number of hydrogen-bond donors (Lipinski definition) is 2. The predicted molar refractivity (Wildman–Crippen MR) is 76.2 cm³/mol. The Morgan fingerprint density at radius 2 is 2.19 bits per heavy atom. The minimum absolute atomic E-state index is 0.0310. The second-order valence-electron chi connectivity index (χ2n) is 4.71. The average molecular weight is 297 g/mol. The van der Waals surface area contributed by atoms with Crippen molar-refractivity contribution < 1.29 is 14.5 Å². The van der Waals surface area contributed by atoms with Crippen LogP contribution in [0.2, 0.25) is 0 Å². The average Bonchev–Trinajstić information content (AvgIpc) is 2.44. The van der Waals surface area contributed by atoms with E-state index in [1.807, 2.05) is 13.8 Å². The van der Waals surface area contributed by atoms with Gasteiger partial charge in [-0.25, -0.2) is 4.98 Å². The molecule has 1 rings (SSSR count). The van der Waals surface area contributed by atoms with Crippen molar-refractivity contribution in [3.05, 3.63) is 16.4 Å². The molecule has 0 aliphatic rings. The van der Waals surface area contributed by atoms with E-state index in [1.54, 1.807) is 0 Å². The molecule has 0 aromatic carbocycles. The van der Waals surface area contributed by atoms with Gasteiger partial charge >= 0.3 is 5.69 Å². The van der Waals surface area contributed by atoms with Gasteiger partial charge < -0.3 is 15.4 Å². The van der Waals surface area contributed by atoms with Crippen LogP contribution in [0.4, 0.5) is 11.5 Å². The van der Waals surface area contributed by atoms with E-state index < -0.39 is 4.92 Å². The third kappa shape index (κ3) is 5.21. The van der Waals surface area contributed by atoms with Crippen molar-refractivity contribution in [1.29, 1.82) is 0 Å². The summed E-state index contributed by atoms with van der Waals surface area (Å²) in [6, 6.07) is 0. The number of rotatable bonds is 8. The Morgan fingerprint density at radius 1 is 1.48 bits per heavy atom. The summed E-state index contributed by atoms with van der Waals surface area (Å²) in [7, 11) is 1.29. The number of nitrogens with one attached hydrogen (secondary N) is 2. The summed E-state index contributed by atoms with van der Waals surface area (Å²) in [5.74, 6) is 0.152. The Kier molecular flexibility index (Phi) is 6.31. The first-order valence-corrected chi connectivity index (χ1v) is 6.49. The van der Waals surface area contributed by atoms with Crippen LogP contribution >= 0.6 is 0 Å². The zero-order valence-corrected chi connectivity index (χ0v) is 12.3. The molecule has 0 saturated carbocycles. The quantitative estimate of drug-likeness (QED) is 0.542. The molecule has 9 nitrogen and oxygen atoms in total. The molecule has 1 aromatic heterocycles. The topological polar surface area (TPSA) is 119 Å². The van der Waals surface area contributed by atoms with Gasteiger partial charge in [-0.05, 0) is 5.92 Å². The Morgan fingerprint density at radius 3 is 2.76 bits per heavy atom. The van der Waals surface area contributed by atoms with E-state index in [-0.39, 0.29) is 36.3 Å². The molecule has 0 unspecified atom stereocenters. The highest BCUT2D eigenvalue weighted by Gasteiger charge is 2.23. The second-order valence-corrected chi connectivity index (χ2v) is 4.71. The second kappa shape index (κ2) is 7.98. The summed E-state index contributed by atoms with van der Waals surface area (Å²) in [6.07, 6.45) is 1.35. The van der Waals surface area contributed by atoms with Crippen LogP contribution in [0.3, 0.4) is 0 Å². The van der Waals surface area contributed by atoms with E-state index in [2.05, 4.69) is 20.6 Å². The van der Waals surface area contributed by atoms with Gasteiger partial charge in [0.25, 0.3) is 5.88 Å². The Hall–Kier alpha value is -2.45. The lowest BCUT2D eigenvalue weighted by Crippen LogP contribution is -2.28. The van der Waals surface area contributed by atoms with Gasteiger partial charge in [0.2, 0.25) is 11.7 Å². The molecule has 0 saturated heterocycles. The molecule has 0 fully saturated rings. The fraction of sp³-hybridized carbons (Fsp3) is 0.583. The minimum Gasteiger partial charge on any atom is -0.476 e. The zero-order chi connectivity index (χ0) is 15.8. The summed E-state index contributed by atoms with van der Waals surface area (Å²) in [5.41, 5.74) is -0.345. The fourth-order valence-corrected chi connectivity index (χ4v) is 1.51. The van der Waals surface area contributed by atoms with Gasteiger partial charge in [-0.15, -0.1) is 0 Å². The first-order valence-electron chi connectivity index (χ1n) is 6.49. The van der Waals surface area contributed by atoms with Crippen LogP contribution in [-0.2, 0) is 4.79 Å². The standard InChI is InChI=1S/C12H19N5O4/c1-8(2)6-14-9(18)4-5-13-11-10(17(19)20)12(21-3)16-7-15-11/h7-8H,4-6H2,1-3H3,(H,14,18)(H,13,15,16). The number of ether oxygens (including phenoxy) is 1. The predicted octanol–water partition coefficient (Wildman–Crippen LogP) is 0.968. The molecule has 9 heteroatoms. The molecule has 116 valence electrons. The van der Waals surface area contributed by atoms with Gasteiger partial charge in [-0.2, -0.15) is 4.98 Å². The Labute approximate surface area is 122 Å². The number of methoxy groups -OCH3 is 1. The summed E-state index contributed by atoms with van der Waals surface area (Å²) in [5, 5.41) is 16.5. The zero-order valence-electron chi connectivity index (χ0n) is 12.3. The van der Waals surface area contributed by atoms with Gasteiger partial charge in [0.05, 0.1) is 12.0 Å². The van der Waals surface area contributed by atoms with Gasteiger partial charge in [-0.3, -0.25) is 14.9 Å². The molecule has 0 aliphatic heterocycles. The molecule has 1 aromatic rings. The molecule has 2 N–H and O–H groups in total. The third-order valence-electron chi connectivity index (χ3n) is 2.52. The third-order valence-corrected chi connectivity index (χ3v) is 2.52. The van der Waals surface area contributed by atoms with Crippen LogP contribution in [0.1, 0.15) is 20.3 Å². The van der Waals surface area contributed by atoms with Crippen molar-refractivity contribution >= 4 is 17.4 Å². The lowest BCUT2D eigenvalue weighted by Gasteiger charge is -2.09. The number of hydrogen-bond acceptors (Lipinski definition) is 7.